The Hall–Kier alpha value is -4.46. The molecule has 6 rings (SSSR count). The molecule has 0 spiro atoms. The lowest BCUT2D eigenvalue weighted by Gasteiger charge is -2.16. The summed E-state index contributed by atoms with van der Waals surface area (Å²) in [4.78, 5) is 15.1. The number of fused-ring (bicyclic) bond motifs is 1. The first kappa shape index (κ1) is 26.7. The summed E-state index contributed by atoms with van der Waals surface area (Å²) in [5.74, 6) is 1.45. The molecule has 41 heavy (non-hydrogen) atoms. The number of ether oxygens (including phenoxy) is 2. The van der Waals surface area contributed by atoms with Gasteiger partial charge in [0.05, 0.1) is 28.5 Å². The van der Waals surface area contributed by atoms with Gasteiger partial charge >= 0.3 is 0 Å². The van der Waals surface area contributed by atoms with Gasteiger partial charge < -0.3 is 9.47 Å². The third kappa shape index (κ3) is 5.34. The minimum Gasteiger partial charge on any atom is -0.485 e. The number of hydrogen-bond donors (Lipinski definition) is 0. The second-order valence-electron chi connectivity index (χ2n) is 8.36. The summed E-state index contributed by atoms with van der Waals surface area (Å²) in [6.07, 6.45) is 3.71. The van der Waals surface area contributed by atoms with E-state index in [0.717, 1.165) is 50.5 Å². The molecule has 0 saturated carbocycles. The quantitative estimate of drug-likeness (QED) is 0.140. The molecule has 0 N–H and O–H groups in total. The maximum absolute atomic E-state index is 9.73. The van der Waals surface area contributed by atoms with E-state index in [1.54, 1.807) is 46.1 Å². The third-order valence-corrected chi connectivity index (χ3v) is 11.4. The molecule has 0 bridgehead atoms. The Morgan fingerprint density at radius 3 is 1.98 bits per heavy atom. The van der Waals surface area contributed by atoms with Gasteiger partial charge in [-0.1, -0.05) is 12.1 Å². The molecule has 11 heteroatoms. The fourth-order valence-corrected chi connectivity index (χ4v) is 8.86. The van der Waals surface area contributed by atoms with E-state index in [4.69, 9.17) is 27.9 Å². The monoisotopic (exact) mass is 622 g/mol. The van der Waals surface area contributed by atoms with E-state index in [2.05, 4.69) is 21.8 Å². The van der Waals surface area contributed by atoms with Gasteiger partial charge in [-0.05, 0) is 48.6 Å². The van der Waals surface area contributed by atoms with Gasteiger partial charge in [0.2, 0.25) is 10.7 Å². The molecule has 0 unspecified atom stereocenters. The van der Waals surface area contributed by atoms with E-state index in [-0.39, 0.29) is 0 Å². The Labute approximate surface area is 255 Å². The van der Waals surface area contributed by atoms with E-state index in [0.29, 0.717) is 34.4 Å². The number of hydrogen-bond acceptors (Lipinski definition) is 9. The highest BCUT2D eigenvalue weighted by atomic mass is 32.1. The van der Waals surface area contributed by atoms with Gasteiger partial charge in [0.1, 0.15) is 30.2 Å². The molecule has 0 amide bonds. The predicted octanol–water partition coefficient (Wildman–Crippen LogP) is 10.0. The summed E-state index contributed by atoms with van der Waals surface area (Å²) in [6.45, 7) is 15.8. The normalized spacial score (nSPS) is 12.8. The van der Waals surface area contributed by atoms with Crippen molar-refractivity contribution in [3.8, 4) is 43.1 Å². The van der Waals surface area contributed by atoms with Crippen molar-refractivity contribution in [3.05, 3.63) is 95.8 Å². The van der Waals surface area contributed by atoms with Gasteiger partial charge in [0.25, 0.3) is 0 Å². The Kier molecular flexibility index (Phi) is 7.55. The SMILES string of the molecule is [C-]#[N+]/C(=C\c1ccc(-c2sc(-c3ccc(/C=C(\C#N)c4ccc([N+]#[C-])s4)s3)c3c2OCCO3)s1)c1ccc(C#N)s1. The second-order valence-corrected chi connectivity index (χ2v) is 13.8. The molecule has 6 heterocycles. The number of thiophene rings is 5. The van der Waals surface area contributed by atoms with Crippen molar-refractivity contribution >= 4 is 85.1 Å². The lowest BCUT2D eigenvalue weighted by atomic mass is 10.2. The highest BCUT2D eigenvalue weighted by Gasteiger charge is 2.27. The van der Waals surface area contributed by atoms with Gasteiger partial charge in [-0.3, -0.25) is 0 Å². The molecule has 0 aliphatic carbocycles. The highest BCUT2D eigenvalue weighted by Crippen LogP contribution is 2.56. The number of nitrogens with zero attached hydrogens (tertiary/aromatic N) is 4. The second kappa shape index (κ2) is 11.6. The molecule has 5 aromatic rings. The highest BCUT2D eigenvalue weighted by molar-refractivity contribution is 7.27. The maximum Gasteiger partial charge on any atom is 0.241 e. The first-order chi connectivity index (χ1) is 20.1. The van der Waals surface area contributed by atoms with Crippen LogP contribution in [0.2, 0.25) is 0 Å². The standard InChI is InChI=1S/C30H14N4O2S5/c1-33-21(23-6-5-20(16-32)39-23)14-19-4-8-25(38-19)30-28-27(35-11-12-36-28)29(41-30)24-7-3-18(37-24)13-17(15-31)22-9-10-26(34-2)40-22/h3-10,13-14H,11-12H2/b17-13+,21-14-. The van der Waals surface area contributed by atoms with Crippen LogP contribution in [0.15, 0.2) is 48.5 Å². The van der Waals surface area contributed by atoms with Crippen LogP contribution in [0.5, 0.6) is 11.5 Å². The molecule has 0 atom stereocenters. The zero-order valence-electron chi connectivity index (χ0n) is 20.8. The van der Waals surface area contributed by atoms with Crippen LogP contribution < -0.4 is 9.47 Å². The summed E-state index contributed by atoms with van der Waals surface area (Å²) < 4.78 is 12.2. The lowest BCUT2D eigenvalue weighted by molar-refractivity contribution is 0.175. The van der Waals surface area contributed by atoms with Crippen molar-refractivity contribution in [1.82, 2.24) is 0 Å². The fourth-order valence-electron chi connectivity index (χ4n) is 4.04. The van der Waals surface area contributed by atoms with Gasteiger partial charge in [-0.25, -0.2) is 9.69 Å². The Morgan fingerprint density at radius 1 is 0.756 bits per heavy atom. The van der Waals surface area contributed by atoms with Crippen LogP contribution >= 0.6 is 56.7 Å². The van der Waals surface area contributed by atoms with E-state index in [1.165, 1.54) is 22.7 Å². The Morgan fingerprint density at radius 2 is 1.41 bits per heavy atom. The average molecular weight is 623 g/mol. The van der Waals surface area contributed by atoms with Crippen molar-refractivity contribution in [1.29, 1.82) is 10.5 Å². The molecule has 0 aromatic carbocycles. The van der Waals surface area contributed by atoms with Crippen molar-refractivity contribution in [2.45, 2.75) is 0 Å². The molecule has 1 aliphatic heterocycles. The molecule has 0 fully saturated rings. The van der Waals surface area contributed by atoms with Crippen molar-refractivity contribution < 1.29 is 9.47 Å². The number of rotatable bonds is 6. The van der Waals surface area contributed by atoms with Crippen LogP contribution in [0.3, 0.4) is 0 Å². The molecular weight excluding hydrogens is 609 g/mol. The summed E-state index contributed by atoms with van der Waals surface area (Å²) in [7, 11) is 0. The van der Waals surface area contributed by atoms with Crippen molar-refractivity contribution in [3.63, 3.8) is 0 Å². The van der Waals surface area contributed by atoms with Crippen LogP contribution in [0, 0.1) is 35.8 Å². The zero-order chi connectivity index (χ0) is 28.3. The van der Waals surface area contributed by atoms with Gasteiger partial charge in [0.15, 0.2) is 11.5 Å². The van der Waals surface area contributed by atoms with Gasteiger partial charge in [0, 0.05) is 29.3 Å². The van der Waals surface area contributed by atoms with Crippen LogP contribution in [-0.4, -0.2) is 13.2 Å². The first-order valence-electron chi connectivity index (χ1n) is 11.9. The van der Waals surface area contributed by atoms with Gasteiger partial charge in [-0.2, -0.15) is 21.9 Å². The minimum absolute atomic E-state index is 0.465. The van der Waals surface area contributed by atoms with E-state index in [9.17, 15) is 5.26 Å². The van der Waals surface area contributed by atoms with Crippen LogP contribution in [0.4, 0.5) is 5.00 Å². The molecule has 196 valence electrons. The molecule has 0 saturated heterocycles. The molecule has 1 aliphatic rings. The molecule has 5 aromatic heterocycles. The predicted molar refractivity (Wildman–Crippen MR) is 170 cm³/mol. The molecular formula is C30H14N4O2S5. The fraction of sp³-hybridized carbons (Fsp3) is 0.0667. The topological polar surface area (TPSA) is 74.8 Å². The van der Waals surface area contributed by atoms with E-state index < -0.39 is 0 Å². The van der Waals surface area contributed by atoms with Crippen LogP contribution in [0.1, 0.15) is 24.4 Å². The average Bonchev–Trinajstić information content (AvgIpc) is 3.83. The molecule has 0 radical (unpaired) electrons. The summed E-state index contributed by atoms with van der Waals surface area (Å²) in [5.41, 5.74) is 1.03. The largest absolute Gasteiger partial charge is 0.485 e. The smallest absolute Gasteiger partial charge is 0.241 e. The van der Waals surface area contributed by atoms with Crippen LogP contribution in [0.25, 0.3) is 52.6 Å². The van der Waals surface area contributed by atoms with Gasteiger partial charge in [-0.15, -0.1) is 45.3 Å². The summed E-state index contributed by atoms with van der Waals surface area (Å²) >= 11 is 7.36. The molecule has 6 nitrogen and oxygen atoms in total. The summed E-state index contributed by atoms with van der Waals surface area (Å²) in [6, 6.07) is 19.5. The minimum atomic E-state index is 0.465. The van der Waals surface area contributed by atoms with Crippen molar-refractivity contribution in [2.24, 2.45) is 0 Å². The first-order valence-corrected chi connectivity index (χ1v) is 16.0. The third-order valence-electron chi connectivity index (χ3n) is 5.84. The number of nitriles is 2. The number of allylic oxidation sites excluding steroid dienone is 1. The Bertz CT molecular complexity index is 1880. The lowest BCUT2D eigenvalue weighted by Crippen LogP contribution is -2.14. The van der Waals surface area contributed by atoms with E-state index in [1.807, 2.05) is 48.6 Å². The van der Waals surface area contributed by atoms with E-state index >= 15 is 0 Å². The Balaban J connectivity index is 1.33. The zero-order valence-corrected chi connectivity index (χ0v) is 24.9. The van der Waals surface area contributed by atoms with Crippen molar-refractivity contribution in [2.75, 3.05) is 13.2 Å². The maximum atomic E-state index is 9.73. The van der Waals surface area contributed by atoms with Crippen LogP contribution in [-0.2, 0) is 0 Å². The summed E-state index contributed by atoms with van der Waals surface area (Å²) in [5, 5.41) is 19.4.